The molecule has 2 aromatic carbocycles. The van der Waals surface area contributed by atoms with E-state index in [4.69, 9.17) is 22.2 Å². The molecular formula is C20H20N4O2S. The number of hydrogen-bond donors (Lipinski definition) is 2. The lowest BCUT2D eigenvalue weighted by Gasteiger charge is -2.22. The minimum absolute atomic E-state index is 0.0593. The second-order valence-corrected chi connectivity index (χ2v) is 5.95. The number of benzene rings is 2. The summed E-state index contributed by atoms with van der Waals surface area (Å²) in [5.41, 5.74) is 2.43. The number of carbonyl (C=O) groups is 1. The first-order valence-corrected chi connectivity index (χ1v) is 8.63. The number of ether oxygens (including phenoxy) is 1. The van der Waals surface area contributed by atoms with E-state index in [2.05, 4.69) is 23.3 Å². The molecular weight excluding hydrogens is 360 g/mol. The standard InChI is InChI=1S/C20H20N4O2S/c1-3-12-22-19(25)23-16-5-4-6-18(14-16)26-20(27)24(13-11-21)17-9-7-15(2)8-10-17/h3-10,14H,1,12-13H2,2H3,(H2,22,23,25). The Bertz CT molecular complexity index is 859. The van der Waals surface area contributed by atoms with Crippen molar-refractivity contribution < 1.29 is 9.53 Å². The lowest BCUT2D eigenvalue weighted by molar-refractivity contribution is 0.253. The van der Waals surface area contributed by atoms with Crippen LogP contribution >= 0.6 is 12.2 Å². The van der Waals surface area contributed by atoms with Gasteiger partial charge in [-0.3, -0.25) is 4.90 Å². The van der Waals surface area contributed by atoms with Crippen LogP contribution in [0.4, 0.5) is 16.2 Å². The van der Waals surface area contributed by atoms with Crippen molar-refractivity contribution in [3.05, 3.63) is 66.7 Å². The van der Waals surface area contributed by atoms with Crippen molar-refractivity contribution in [3.8, 4) is 11.8 Å². The summed E-state index contributed by atoms with van der Waals surface area (Å²) in [6.07, 6.45) is 1.59. The maximum absolute atomic E-state index is 11.7. The van der Waals surface area contributed by atoms with Crippen molar-refractivity contribution in [2.75, 3.05) is 23.3 Å². The summed E-state index contributed by atoms with van der Waals surface area (Å²) >= 11 is 5.37. The van der Waals surface area contributed by atoms with Gasteiger partial charge in [0.15, 0.2) is 0 Å². The van der Waals surface area contributed by atoms with Gasteiger partial charge in [0.1, 0.15) is 12.3 Å². The molecule has 0 saturated carbocycles. The van der Waals surface area contributed by atoms with Crippen LogP contribution in [0.2, 0.25) is 0 Å². The molecule has 2 aromatic rings. The van der Waals surface area contributed by atoms with Crippen LogP contribution in [0.1, 0.15) is 5.56 Å². The average molecular weight is 380 g/mol. The average Bonchev–Trinajstić information content (AvgIpc) is 2.65. The van der Waals surface area contributed by atoms with Crippen molar-refractivity contribution in [2.45, 2.75) is 6.92 Å². The smallest absolute Gasteiger partial charge is 0.319 e. The van der Waals surface area contributed by atoms with Gasteiger partial charge in [0.2, 0.25) is 0 Å². The van der Waals surface area contributed by atoms with Crippen LogP contribution in [0.15, 0.2) is 61.2 Å². The number of aryl methyl sites for hydroxylation is 1. The highest BCUT2D eigenvalue weighted by molar-refractivity contribution is 7.80. The fourth-order valence-electron chi connectivity index (χ4n) is 2.19. The largest absolute Gasteiger partial charge is 0.431 e. The molecule has 0 saturated heterocycles. The van der Waals surface area contributed by atoms with Gasteiger partial charge in [-0.15, -0.1) is 6.58 Å². The SMILES string of the molecule is C=CCNC(=O)Nc1cccc(OC(=S)N(CC#N)c2ccc(C)cc2)c1. The first-order valence-electron chi connectivity index (χ1n) is 8.22. The van der Waals surface area contributed by atoms with Gasteiger partial charge in [-0.05, 0) is 43.4 Å². The molecule has 0 unspecified atom stereocenters. The molecule has 0 aliphatic carbocycles. The van der Waals surface area contributed by atoms with Gasteiger partial charge in [-0.2, -0.15) is 5.26 Å². The van der Waals surface area contributed by atoms with E-state index < -0.39 is 0 Å². The van der Waals surface area contributed by atoms with Crippen molar-refractivity contribution in [3.63, 3.8) is 0 Å². The lowest BCUT2D eigenvalue weighted by Crippen LogP contribution is -2.33. The normalized spacial score (nSPS) is 9.63. The van der Waals surface area contributed by atoms with E-state index in [9.17, 15) is 4.79 Å². The predicted molar refractivity (Wildman–Crippen MR) is 111 cm³/mol. The van der Waals surface area contributed by atoms with E-state index in [-0.39, 0.29) is 17.8 Å². The predicted octanol–water partition coefficient (Wildman–Crippen LogP) is 4.00. The van der Waals surface area contributed by atoms with Crippen molar-refractivity contribution in [1.29, 1.82) is 5.26 Å². The molecule has 7 heteroatoms. The zero-order chi connectivity index (χ0) is 19.6. The number of rotatable bonds is 6. The second-order valence-electron chi connectivity index (χ2n) is 5.60. The van der Waals surface area contributed by atoms with Gasteiger partial charge in [-0.25, -0.2) is 4.79 Å². The fraction of sp³-hybridized carbons (Fsp3) is 0.150. The van der Waals surface area contributed by atoms with E-state index >= 15 is 0 Å². The van der Waals surface area contributed by atoms with E-state index in [1.807, 2.05) is 31.2 Å². The molecule has 27 heavy (non-hydrogen) atoms. The first-order chi connectivity index (χ1) is 13.0. The molecule has 0 fully saturated rings. The zero-order valence-corrected chi connectivity index (χ0v) is 15.8. The van der Waals surface area contributed by atoms with E-state index in [0.29, 0.717) is 18.0 Å². The highest BCUT2D eigenvalue weighted by Crippen LogP contribution is 2.21. The van der Waals surface area contributed by atoms with Crippen LogP contribution in [-0.4, -0.2) is 24.3 Å². The number of nitrogens with zero attached hydrogens (tertiary/aromatic N) is 2. The van der Waals surface area contributed by atoms with Gasteiger partial charge in [0.25, 0.3) is 5.17 Å². The Kier molecular flexibility index (Phi) is 7.35. The molecule has 2 rings (SSSR count). The molecule has 0 aliphatic rings. The molecule has 0 aliphatic heterocycles. The Morgan fingerprint density at radius 3 is 2.74 bits per heavy atom. The number of carbonyl (C=O) groups excluding carboxylic acids is 1. The highest BCUT2D eigenvalue weighted by atomic mass is 32.1. The Labute approximate surface area is 164 Å². The third-order valence-electron chi connectivity index (χ3n) is 3.50. The van der Waals surface area contributed by atoms with Crippen LogP contribution < -0.4 is 20.3 Å². The number of nitrogens with one attached hydrogen (secondary N) is 2. The quantitative estimate of drug-likeness (QED) is 0.450. The van der Waals surface area contributed by atoms with Crippen LogP contribution in [0.3, 0.4) is 0 Å². The topological polar surface area (TPSA) is 77.4 Å². The third kappa shape index (κ3) is 6.13. The minimum atomic E-state index is -0.347. The van der Waals surface area contributed by atoms with E-state index in [1.165, 1.54) is 0 Å². The van der Waals surface area contributed by atoms with Gasteiger partial charge >= 0.3 is 6.03 Å². The van der Waals surface area contributed by atoms with Crippen LogP contribution in [-0.2, 0) is 0 Å². The summed E-state index contributed by atoms with van der Waals surface area (Å²) in [5, 5.41) is 14.6. The van der Waals surface area contributed by atoms with E-state index in [1.54, 1.807) is 35.2 Å². The minimum Gasteiger partial charge on any atom is -0.431 e. The number of hydrogen-bond acceptors (Lipinski definition) is 4. The second kappa shape index (κ2) is 9.94. The van der Waals surface area contributed by atoms with Gasteiger partial charge in [0, 0.05) is 24.0 Å². The molecule has 2 amide bonds. The molecule has 2 N–H and O–H groups in total. The Morgan fingerprint density at radius 2 is 2.07 bits per heavy atom. The number of anilines is 2. The summed E-state index contributed by atoms with van der Waals surface area (Å²) in [5.74, 6) is 0.455. The van der Waals surface area contributed by atoms with E-state index in [0.717, 1.165) is 11.3 Å². The Balaban J connectivity index is 2.10. The van der Waals surface area contributed by atoms with Crippen LogP contribution in [0.25, 0.3) is 0 Å². The maximum atomic E-state index is 11.7. The molecule has 0 atom stereocenters. The molecule has 138 valence electrons. The summed E-state index contributed by atoms with van der Waals surface area (Å²) in [4.78, 5) is 13.3. The summed E-state index contributed by atoms with van der Waals surface area (Å²) in [6.45, 7) is 5.95. The third-order valence-corrected chi connectivity index (χ3v) is 3.80. The summed E-state index contributed by atoms with van der Waals surface area (Å²) in [7, 11) is 0. The van der Waals surface area contributed by atoms with Gasteiger partial charge < -0.3 is 15.4 Å². The number of amides is 2. The number of urea groups is 1. The van der Waals surface area contributed by atoms with Crippen molar-refractivity contribution in [1.82, 2.24) is 5.32 Å². The fourth-order valence-corrected chi connectivity index (χ4v) is 2.46. The van der Waals surface area contributed by atoms with Crippen molar-refractivity contribution >= 4 is 34.8 Å². The van der Waals surface area contributed by atoms with Crippen molar-refractivity contribution in [2.24, 2.45) is 0 Å². The van der Waals surface area contributed by atoms with Crippen LogP contribution in [0.5, 0.6) is 5.75 Å². The maximum Gasteiger partial charge on any atom is 0.319 e. The Morgan fingerprint density at radius 1 is 1.33 bits per heavy atom. The highest BCUT2D eigenvalue weighted by Gasteiger charge is 2.14. The monoisotopic (exact) mass is 380 g/mol. The molecule has 0 radical (unpaired) electrons. The lowest BCUT2D eigenvalue weighted by atomic mass is 10.2. The summed E-state index contributed by atoms with van der Waals surface area (Å²) in [6, 6.07) is 16.2. The molecule has 0 heterocycles. The molecule has 0 bridgehead atoms. The number of thiocarbonyl (C=S) groups is 1. The number of nitriles is 1. The Hall–Kier alpha value is -3.37. The summed E-state index contributed by atoms with van der Waals surface area (Å²) < 4.78 is 5.74. The van der Waals surface area contributed by atoms with Crippen LogP contribution in [0, 0.1) is 18.3 Å². The van der Waals surface area contributed by atoms with Gasteiger partial charge in [0.05, 0.1) is 6.07 Å². The molecule has 0 spiro atoms. The van der Waals surface area contributed by atoms with Gasteiger partial charge in [-0.1, -0.05) is 29.8 Å². The molecule has 6 nitrogen and oxygen atoms in total. The first kappa shape index (κ1) is 19.9. The molecule has 0 aromatic heterocycles. The zero-order valence-electron chi connectivity index (χ0n) is 14.9.